The minimum Gasteiger partial charge on any atom is -0.478 e. The molecular formula is C19H20N2O4. The van der Waals surface area contributed by atoms with Crippen molar-refractivity contribution in [3.8, 4) is 0 Å². The summed E-state index contributed by atoms with van der Waals surface area (Å²) in [6, 6.07) is 11.7. The summed E-state index contributed by atoms with van der Waals surface area (Å²) in [6.07, 6.45) is 3.47. The highest BCUT2D eigenvalue weighted by Gasteiger charge is 2.25. The first kappa shape index (κ1) is 17.0. The molecule has 25 heavy (non-hydrogen) atoms. The monoisotopic (exact) mass is 340 g/mol. The summed E-state index contributed by atoms with van der Waals surface area (Å²) < 4.78 is 1.41. The van der Waals surface area contributed by atoms with Crippen molar-refractivity contribution >= 4 is 11.9 Å². The van der Waals surface area contributed by atoms with Crippen LogP contribution < -0.4 is 5.56 Å². The number of aromatic carboxylic acids is 1. The van der Waals surface area contributed by atoms with Gasteiger partial charge in [-0.3, -0.25) is 9.59 Å². The third kappa shape index (κ3) is 3.96. The second-order valence-corrected chi connectivity index (χ2v) is 6.27. The van der Waals surface area contributed by atoms with Crippen LogP contribution in [0.25, 0.3) is 0 Å². The number of carbonyl (C=O) groups excluding carboxylic acids is 1. The molecule has 1 N–H and O–H groups in total. The van der Waals surface area contributed by atoms with Gasteiger partial charge in [-0.1, -0.05) is 18.2 Å². The maximum absolute atomic E-state index is 12.5. The Labute approximate surface area is 145 Å². The van der Waals surface area contributed by atoms with Crippen LogP contribution in [0.1, 0.15) is 34.7 Å². The van der Waals surface area contributed by atoms with Crippen LogP contribution in [0.15, 0.2) is 53.5 Å². The van der Waals surface area contributed by atoms with Crippen molar-refractivity contribution in [3.05, 3.63) is 70.1 Å². The maximum atomic E-state index is 12.5. The van der Waals surface area contributed by atoms with Gasteiger partial charge in [0.25, 0.3) is 5.56 Å². The number of nitrogens with zero attached hydrogens (tertiary/aromatic N) is 2. The lowest BCUT2D eigenvalue weighted by Gasteiger charge is -2.33. The predicted octanol–water partition coefficient (Wildman–Crippen LogP) is 1.95. The normalized spacial score (nSPS) is 17.3. The van der Waals surface area contributed by atoms with E-state index < -0.39 is 5.97 Å². The molecule has 0 aliphatic carbocycles. The Morgan fingerprint density at radius 1 is 1.12 bits per heavy atom. The van der Waals surface area contributed by atoms with Crippen molar-refractivity contribution in [3.63, 3.8) is 0 Å². The summed E-state index contributed by atoms with van der Waals surface area (Å²) >= 11 is 0. The van der Waals surface area contributed by atoms with Gasteiger partial charge >= 0.3 is 5.97 Å². The van der Waals surface area contributed by atoms with E-state index in [1.807, 2.05) is 12.1 Å². The van der Waals surface area contributed by atoms with Crippen molar-refractivity contribution in [1.82, 2.24) is 9.47 Å². The van der Waals surface area contributed by atoms with Gasteiger partial charge in [-0.15, -0.1) is 0 Å². The molecule has 1 amide bonds. The Bertz CT molecular complexity index is 826. The lowest BCUT2D eigenvalue weighted by molar-refractivity contribution is -0.133. The Balaban J connectivity index is 1.68. The Hall–Kier alpha value is -2.89. The van der Waals surface area contributed by atoms with Crippen molar-refractivity contribution in [2.24, 2.45) is 0 Å². The zero-order valence-corrected chi connectivity index (χ0v) is 13.8. The number of aromatic nitrogens is 1. The molecule has 130 valence electrons. The van der Waals surface area contributed by atoms with Crippen LogP contribution in [0.3, 0.4) is 0 Å². The molecule has 1 atom stereocenters. The molecular weight excluding hydrogens is 320 g/mol. The van der Waals surface area contributed by atoms with E-state index in [9.17, 15) is 14.4 Å². The third-order valence-electron chi connectivity index (χ3n) is 4.61. The fourth-order valence-corrected chi connectivity index (χ4v) is 3.21. The van der Waals surface area contributed by atoms with Crippen LogP contribution in [0, 0.1) is 0 Å². The quantitative estimate of drug-likeness (QED) is 0.923. The van der Waals surface area contributed by atoms with E-state index >= 15 is 0 Å². The summed E-state index contributed by atoms with van der Waals surface area (Å²) in [6.45, 7) is 1.32. The molecule has 1 aliphatic heterocycles. The summed E-state index contributed by atoms with van der Waals surface area (Å²) in [5.41, 5.74) is 1.11. The molecule has 1 fully saturated rings. The number of benzene rings is 1. The summed E-state index contributed by atoms with van der Waals surface area (Å²) in [7, 11) is 0. The van der Waals surface area contributed by atoms with Gasteiger partial charge in [0.1, 0.15) is 6.54 Å². The fraction of sp³-hybridized carbons (Fsp3) is 0.316. The van der Waals surface area contributed by atoms with Crippen LogP contribution in [0.5, 0.6) is 0 Å². The standard InChI is InChI=1S/C19H20N2O4/c22-17-5-1-2-10-21(17)13-18(23)20-11-3-4-16(12-20)14-6-8-15(9-7-14)19(24)25/h1-2,5-10,16H,3-4,11-13H2,(H,24,25)/t16-/m0/s1. The number of hydrogen-bond donors (Lipinski definition) is 1. The molecule has 1 aromatic carbocycles. The molecule has 1 saturated heterocycles. The van der Waals surface area contributed by atoms with Gasteiger partial charge in [0.15, 0.2) is 0 Å². The zero-order valence-electron chi connectivity index (χ0n) is 13.8. The van der Waals surface area contributed by atoms with E-state index in [0.29, 0.717) is 13.1 Å². The number of hydrogen-bond acceptors (Lipinski definition) is 3. The average molecular weight is 340 g/mol. The highest BCUT2D eigenvalue weighted by molar-refractivity contribution is 5.87. The number of pyridine rings is 1. The van der Waals surface area contributed by atoms with Gasteiger partial charge in [0, 0.05) is 31.3 Å². The highest BCUT2D eigenvalue weighted by atomic mass is 16.4. The van der Waals surface area contributed by atoms with Crippen LogP contribution in [0.2, 0.25) is 0 Å². The molecule has 3 rings (SSSR count). The Kier molecular flexibility index (Phi) is 4.97. The number of carboxylic acids is 1. The lowest BCUT2D eigenvalue weighted by atomic mass is 9.90. The first-order chi connectivity index (χ1) is 12.0. The van der Waals surface area contributed by atoms with Crippen LogP contribution in [-0.4, -0.2) is 39.5 Å². The number of likely N-dealkylation sites (tertiary alicyclic amines) is 1. The summed E-state index contributed by atoms with van der Waals surface area (Å²) in [5.74, 6) is -0.825. The minimum atomic E-state index is -0.944. The SMILES string of the molecule is O=C(O)c1ccc([C@H]2CCCN(C(=O)Cn3ccccc3=O)C2)cc1. The van der Waals surface area contributed by atoms with Crippen molar-refractivity contribution in [2.45, 2.75) is 25.3 Å². The van der Waals surface area contributed by atoms with E-state index in [0.717, 1.165) is 18.4 Å². The molecule has 0 spiro atoms. The molecule has 0 bridgehead atoms. The molecule has 0 radical (unpaired) electrons. The molecule has 6 nitrogen and oxygen atoms in total. The smallest absolute Gasteiger partial charge is 0.335 e. The first-order valence-electron chi connectivity index (χ1n) is 8.31. The van der Waals surface area contributed by atoms with E-state index in [-0.39, 0.29) is 29.5 Å². The Morgan fingerprint density at radius 3 is 2.56 bits per heavy atom. The second-order valence-electron chi connectivity index (χ2n) is 6.27. The summed E-state index contributed by atoms with van der Waals surface area (Å²) in [5, 5.41) is 8.98. The van der Waals surface area contributed by atoms with Gasteiger partial charge in [0.2, 0.25) is 5.91 Å². The first-order valence-corrected chi connectivity index (χ1v) is 8.31. The molecule has 2 heterocycles. The maximum Gasteiger partial charge on any atom is 0.335 e. The largest absolute Gasteiger partial charge is 0.478 e. The van der Waals surface area contributed by atoms with Crippen molar-refractivity contribution in [2.75, 3.05) is 13.1 Å². The number of rotatable bonds is 4. The lowest BCUT2D eigenvalue weighted by Crippen LogP contribution is -2.42. The predicted molar refractivity (Wildman–Crippen MR) is 92.7 cm³/mol. The van der Waals surface area contributed by atoms with E-state index in [1.165, 1.54) is 10.6 Å². The molecule has 0 unspecified atom stereocenters. The topological polar surface area (TPSA) is 79.6 Å². The van der Waals surface area contributed by atoms with E-state index in [1.54, 1.807) is 35.4 Å². The van der Waals surface area contributed by atoms with Gasteiger partial charge < -0.3 is 14.6 Å². The van der Waals surface area contributed by atoms with Crippen LogP contribution in [0.4, 0.5) is 0 Å². The number of amides is 1. The molecule has 1 aromatic heterocycles. The second kappa shape index (κ2) is 7.34. The third-order valence-corrected chi connectivity index (χ3v) is 4.61. The van der Waals surface area contributed by atoms with Crippen LogP contribution in [-0.2, 0) is 11.3 Å². The van der Waals surface area contributed by atoms with Gasteiger partial charge in [-0.05, 0) is 36.6 Å². The van der Waals surface area contributed by atoms with E-state index in [2.05, 4.69) is 0 Å². The zero-order chi connectivity index (χ0) is 17.8. The van der Waals surface area contributed by atoms with Crippen LogP contribution >= 0.6 is 0 Å². The number of carboxylic acid groups (broad SMARTS) is 1. The van der Waals surface area contributed by atoms with Gasteiger partial charge in [-0.25, -0.2) is 4.79 Å². The van der Waals surface area contributed by atoms with Crippen molar-refractivity contribution < 1.29 is 14.7 Å². The van der Waals surface area contributed by atoms with Gasteiger partial charge in [-0.2, -0.15) is 0 Å². The van der Waals surface area contributed by atoms with Crippen molar-refractivity contribution in [1.29, 1.82) is 0 Å². The fourth-order valence-electron chi connectivity index (χ4n) is 3.21. The number of piperidine rings is 1. The molecule has 0 saturated carbocycles. The minimum absolute atomic E-state index is 0.0460. The van der Waals surface area contributed by atoms with Gasteiger partial charge in [0.05, 0.1) is 5.56 Å². The Morgan fingerprint density at radius 2 is 1.88 bits per heavy atom. The summed E-state index contributed by atoms with van der Waals surface area (Å²) in [4.78, 5) is 37.0. The average Bonchev–Trinajstić information content (AvgIpc) is 2.64. The number of carbonyl (C=O) groups is 2. The highest BCUT2D eigenvalue weighted by Crippen LogP contribution is 2.27. The van der Waals surface area contributed by atoms with E-state index in [4.69, 9.17) is 5.11 Å². The molecule has 6 heteroatoms. The molecule has 2 aromatic rings. The molecule has 1 aliphatic rings.